The summed E-state index contributed by atoms with van der Waals surface area (Å²) >= 11 is 0. The SMILES string of the molecule is CCOc1cc(C(c2cccc(F)c2)N2CCCC2C(=O)O)ccc1OC. The monoisotopic (exact) mass is 373 g/mol. The molecule has 0 bridgehead atoms. The summed E-state index contributed by atoms with van der Waals surface area (Å²) in [4.78, 5) is 13.7. The lowest BCUT2D eigenvalue weighted by Gasteiger charge is -2.32. The lowest BCUT2D eigenvalue weighted by molar-refractivity contribution is -0.142. The molecule has 1 saturated heterocycles. The lowest BCUT2D eigenvalue weighted by atomic mass is 9.95. The smallest absolute Gasteiger partial charge is 0.320 e. The van der Waals surface area contributed by atoms with Gasteiger partial charge >= 0.3 is 5.97 Å². The van der Waals surface area contributed by atoms with Gasteiger partial charge in [0.25, 0.3) is 0 Å². The Balaban J connectivity index is 2.10. The first-order valence-corrected chi connectivity index (χ1v) is 9.10. The highest BCUT2D eigenvalue weighted by molar-refractivity contribution is 5.74. The zero-order valence-corrected chi connectivity index (χ0v) is 15.5. The predicted molar refractivity (Wildman–Crippen MR) is 99.8 cm³/mol. The van der Waals surface area contributed by atoms with Gasteiger partial charge in [0.1, 0.15) is 11.9 Å². The Bertz CT molecular complexity index is 811. The first-order chi connectivity index (χ1) is 13.0. The van der Waals surface area contributed by atoms with E-state index in [2.05, 4.69) is 0 Å². The van der Waals surface area contributed by atoms with Gasteiger partial charge in [-0.3, -0.25) is 9.69 Å². The van der Waals surface area contributed by atoms with E-state index >= 15 is 0 Å². The minimum Gasteiger partial charge on any atom is -0.493 e. The Morgan fingerprint density at radius 1 is 1.26 bits per heavy atom. The number of hydrogen-bond donors (Lipinski definition) is 1. The van der Waals surface area contributed by atoms with Gasteiger partial charge in [0.2, 0.25) is 0 Å². The molecule has 6 heteroatoms. The maximum Gasteiger partial charge on any atom is 0.320 e. The number of aliphatic carboxylic acids is 1. The second-order valence-electron chi connectivity index (χ2n) is 6.53. The van der Waals surface area contributed by atoms with E-state index in [1.54, 1.807) is 19.2 Å². The van der Waals surface area contributed by atoms with Crippen molar-refractivity contribution in [2.45, 2.75) is 31.8 Å². The van der Waals surface area contributed by atoms with Crippen molar-refractivity contribution in [1.29, 1.82) is 0 Å². The van der Waals surface area contributed by atoms with Crippen LogP contribution in [-0.2, 0) is 4.79 Å². The van der Waals surface area contributed by atoms with Gasteiger partial charge in [-0.05, 0) is 55.2 Å². The number of hydrogen-bond acceptors (Lipinski definition) is 4. The minimum atomic E-state index is -0.854. The van der Waals surface area contributed by atoms with Gasteiger partial charge in [-0.1, -0.05) is 18.2 Å². The molecule has 2 aromatic rings. The van der Waals surface area contributed by atoms with Gasteiger partial charge in [-0.15, -0.1) is 0 Å². The number of carboxylic acid groups (broad SMARTS) is 1. The van der Waals surface area contributed by atoms with E-state index in [4.69, 9.17) is 9.47 Å². The van der Waals surface area contributed by atoms with Crippen molar-refractivity contribution in [2.75, 3.05) is 20.3 Å². The van der Waals surface area contributed by atoms with Crippen molar-refractivity contribution in [1.82, 2.24) is 4.90 Å². The van der Waals surface area contributed by atoms with Crippen LogP contribution in [0.5, 0.6) is 11.5 Å². The predicted octanol–water partition coefficient (Wildman–Crippen LogP) is 3.87. The molecular formula is C21H24FNO4. The highest BCUT2D eigenvalue weighted by Crippen LogP contribution is 2.38. The normalized spacial score (nSPS) is 18.3. The summed E-state index contributed by atoms with van der Waals surface area (Å²) in [7, 11) is 1.57. The summed E-state index contributed by atoms with van der Waals surface area (Å²) in [5.74, 6) is -0.00524. The third-order valence-electron chi connectivity index (χ3n) is 4.88. The quantitative estimate of drug-likeness (QED) is 0.798. The largest absolute Gasteiger partial charge is 0.493 e. The topological polar surface area (TPSA) is 59.0 Å². The van der Waals surface area contributed by atoms with Crippen LogP contribution >= 0.6 is 0 Å². The molecule has 2 aromatic carbocycles. The molecule has 2 unspecified atom stereocenters. The zero-order valence-electron chi connectivity index (χ0n) is 15.5. The molecule has 0 aliphatic carbocycles. The zero-order chi connectivity index (χ0) is 19.4. The van der Waals surface area contributed by atoms with Crippen LogP contribution in [-0.4, -0.2) is 42.3 Å². The third kappa shape index (κ3) is 4.06. The molecule has 1 aliphatic rings. The summed E-state index contributed by atoms with van der Waals surface area (Å²) in [5, 5.41) is 9.64. The molecule has 1 aliphatic heterocycles. The summed E-state index contributed by atoms with van der Waals surface area (Å²) in [5.41, 5.74) is 1.56. The molecule has 27 heavy (non-hydrogen) atoms. The average molecular weight is 373 g/mol. The first kappa shape index (κ1) is 19.2. The minimum absolute atomic E-state index is 0.345. The fraction of sp³-hybridized carbons (Fsp3) is 0.381. The summed E-state index contributed by atoms with van der Waals surface area (Å²) in [6.07, 6.45) is 1.37. The van der Waals surface area contributed by atoms with Crippen molar-refractivity contribution in [3.8, 4) is 11.5 Å². The van der Waals surface area contributed by atoms with Crippen LogP contribution in [0.1, 0.15) is 36.9 Å². The Morgan fingerprint density at radius 2 is 2.04 bits per heavy atom. The number of rotatable bonds is 7. The standard InChI is InChI=1S/C21H24FNO4/c1-3-27-19-13-15(9-10-18(19)26-2)20(14-6-4-7-16(22)12-14)23-11-5-8-17(23)21(24)25/h4,6-7,9-10,12-13,17,20H,3,5,8,11H2,1-2H3,(H,24,25). The van der Waals surface area contributed by atoms with Crippen molar-refractivity contribution < 1.29 is 23.8 Å². The Labute approximate surface area is 158 Å². The van der Waals surface area contributed by atoms with Crippen LogP contribution < -0.4 is 9.47 Å². The highest BCUT2D eigenvalue weighted by atomic mass is 19.1. The molecule has 0 aromatic heterocycles. The van der Waals surface area contributed by atoms with Gasteiger partial charge in [-0.25, -0.2) is 4.39 Å². The number of carbonyl (C=O) groups is 1. The van der Waals surface area contributed by atoms with Crippen molar-refractivity contribution in [3.63, 3.8) is 0 Å². The number of likely N-dealkylation sites (tertiary alicyclic amines) is 1. The van der Waals surface area contributed by atoms with Crippen molar-refractivity contribution in [2.24, 2.45) is 0 Å². The molecule has 144 valence electrons. The molecule has 1 fully saturated rings. The van der Waals surface area contributed by atoms with Crippen molar-refractivity contribution >= 4 is 5.97 Å². The van der Waals surface area contributed by atoms with Crippen molar-refractivity contribution in [3.05, 3.63) is 59.4 Å². The number of benzene rings is 2. The van der Waals surface area contributed by atoms with E-state index in [0.29, 0.717) is 31.1 Å². The van der Waals surface area contributed by atoms with Crippen LogP contribution in [0.25, 0.3) is 0 Å². The number of nitrogens with zero attached hydrogens (tertiary/aromatic N) is 1. The van der Waals surface area contributed by atoms with Crippen LogP contribution in [0.15, 0.2) is 42.5 Å². The van der Waals surface area contributed by atoms with E-state index in [1.807, 2.05) is 30.0 Å². The summed E-state index contributed by atoms with van der Waals surface area (Å²) in [6, 6.07) is 10.9. The molecule has 3 rings (SSSR count). The number of carboxylic acids is 1. The maximum atomic E-state index is 13.9. The van der Waals surface area contributed by atoms with Crippen LogP contribution in [0.3, 0.4) is 0 Å². The molecule has 1 heterocycles. The second-order valence-corrected chi connectivity index (χ2v) is 6.53. The first-order valence-electron chi connectivity index (χ1n) is 9.10. The molecule has 0 saturated carbocycles. The van der Waals surface area contributed by atoms with E-state index in [-0.39, 0.29) is 11.9 Å². The molecule has 1 N–H and O–H groups in total. The summed E-state index contributed by atoms with van der Waals surface area (Å²) in [6.45, 7) is 3.00. The van der Waals surface area contributed by atoms with Crippen LogP contribution in [0, 0.1) is 5.82 Å². The molecule has 5 nitrogen and oxygen atoms in total. The highest BCUT2D eigenvalue weighted by Gasteiger charge is 2.37. The number of methoxy groups -OCH3 is 1. The Morgan fingerprint density at radius 3 is 2.70 bits per heavy atom. The maximum absolute atomic E-state index is 13.9. The number of ether oxygens (including phenoxy) is 2. The summed E-state index contributed by atoms with van der Waals surface area (Å²) < 4.78 is 25.0. The molecule has 0 spiro atoms. The molecule has 0 radical (unpaired) electrons. The van der Waals surface area contributed by atoms with Crippen LogP contribution in [0.2, 0.25) is 0 Å². The van der Waals surface area contributed by atoms with Gasteiger partial charge < -0.3 is 14.6 Å². The number of halogens is 1. The van der Waals surface area contributed by atoms with Gasteiger partial charge in [0, 0.05) is 6.54 Å². The third-order valence-corrected chi connectivity index (χ3v) is 4.88. The Kier molecular flexibility index (Phi) is 5.96. The Hall–Kier alpha value is -2.60. The van der Waals surface area contributed by atoms with Crippen LogP contribution in [0.4, 0.5) is 4.39 Å². The van der Waals surface area contributed by atoms with E-state index in [0.717, 1.165) is 17.5 Å². The van der Waals surface area contributed by atoms with E-state index in [9.17, 15) is 14.3 Å². The molecular weight excluding hydrogens is 349 g/mol. The second kappa shape index (κ2) is 8.39. The van der Waals surface area contributed by atoms with E-state index in [1.165, 1.54) is 12.1 Å². The van der Waals surface area contributed by atoms with Gasteiger partial charge in [0.15, 0.2) is 11.5 Å². The molecule has 0 amide bonds. The fourth-order valence-electron chi connectivity index (χ4n) is 3.75. The lowest BCUT2D eigenvalue weighted by Crippen LogP contribution is -2.39. The fourth-order valence-corrected chi connectivity index (χ4v) is 3.75. The molecule has 2 atom stereocenters. The average Bonchev–Trinajstić information content (AvgIpc) is 3.12. The van der Waals surface area contributed by atoms with E-state index < -0.39 is 12.0 Å². The van der Waals surface area contributed by atoms with Gasteiger partial charge in [-0.2, -0.15) is 0 Å². The van der Waals surface area contributed by atoms with Gasteiger partial charge in [0.05, 0.1) is 19.8 Å².